The summed E-state index contributed by atoms with van der Waals surface area (Å²) in [5, 5.41) is 11.6. The van der Waals surface area contributed by atoms with Crippen molar-refractivity contribution in [3.8, 4) is 5.75 Å². The Balaban J connectivity index is 2.07. The van der Waals surface area contributed by atoms with Gasteiger partial charge in [-0.25, -0.2) is 4.98 Å². The third-order valence-electron chi connectivity index (χ3n) is 2.48. The second kappa shape index (κ2) is 6.33. The van der Waals surface area contributed by atoms with E-state index < -0.39 is 5.97 Å². The van der Waals surface area contributed by atoms with Crippen LogP contribution < -0.4 is 10.1 Å². The van der Waals surface area contributed by atoms with E-state index in [-0.39, 0.29) is 18.7 Å². The molecule has 0 aliphatic carbocycles. The maximum atomic E-state index is 11.5. The van der Waals surface area contributed by atoms with E-state index in [9.17, 15) is 9.59 Å². The van der Waals surface area contributed by atoms with Crippen LogP contribution in [0.5, 0.6) is 5.75 Å². The molecule has 0 unspecified atom stereocenters. The van der Waals surface area contributed by atoms with Crippen molar-refractivity contribution in [1.82, 2.24) is 4.98 Å². The van der Waals surface area contributed by atoms with Gasteiger partial charge in [-0.15, -0.1) is 0 Å². The molecule has 0 fully saturated rings. The number of fused-ring (bicyclic) bond motifs is 1. The Labute approximate surface area is 119 Å². The van der Waals surface area contributed by atoms with Gasteiger partial charge in [0, 0.05) is 6.42 Å². The second-order valence-electron chi connectivity index (χ2n) is 4.02. The number of carboxylic acid groups (broad SMARTS) is 1. The Kier molecular flexibility index (Phi) is 4.52. The van der Waals surface area contributed by atoms with Crippen LogP contribution in [0.15, 0.2) is 18.2 Å². The van der Waals surface area contributed by atoms with Crippen LogP contribution in [0.3, 0.4) is 0 Å². The van der Waals surface area contributed by atoms with Crippen molar-refractivity contribution >= 4 is 38.6 Å². The van der Waals surface area contributed by atoms with Crippen LogP contribution in [0.25, 0.3) is 10.2 Å². The number of ether oxygens (including phenoxy) is 1. The molecular weight excluding hydrogens is 280 g/mol. The summed E-state index contributed by atoms with van der Waals surface area (Å²) in [6.07, 6.45) is -0.249. The van der Waals surface area contributed by atoms with E-state index in [4.69, 9.17) is 9.84 Å². The fourth-order valence-electron chi connectivity index (χ4n) is 1.62. The molecule has 7 heteroatoms. The second-order valence-corrected chi connectivity index (χ2v) is 5.05. The third kappa shape index (κ3) is 3.67. The van der Waals surface area contributed by atoms with Crippen molar-refractivity contribution in [3.05, 3.63) is 18.2 Å². The van der Waals surface area contributed by atoms with Crippen LogP contribution in [0.1, 0.15) is 19.8 Å². The zero-order chi connectivity index (χ0) is 14.5. The normalized spacial score (nSPS) is 10.4. The Morgan fingerprint density at radius 3 is 2.90 bits per heavy atom. The molecule has 1 aromatic carbocycles. The topological polar surface area (TPSA) is 88.5 Å². The first kappa shape index (κ1) is 14.3. The molecule has 0 bridgehead atoms. The molecule has 2 aromatic rings. The summed E-state index contributed by atoms with van der Waals surface area (Å²) in [5.41, 5.74) is 0.770. The minimum Gasteiger partial charge on any atom is -0.494 e. The van der Waals surface area contributed by atoms with Crippen molar-refractivity contribution in [2.45, 2.75) is 19.8 Å². The van der Waals surface area contributed by atoms with E-state index in [1.807, 2.05) is 25.1 Å². The molecule has 0 saturated heterocycles. The number of thiazole rings is 1. The number of nitrogens with zero attached hydrogens (tertiary/aromatic N) is 1. The lowest BCUT2D eigenvalue weighted by molar-refractivity contribution is -0.138. The fraction of sp³-hybridized carbons (Fsp3) is 0.308. The molecular formula is C13H14N2O4S. The number of rotatable bonds is 6. The number of nitrogens with one attached hydrogen (secondary N) is 1. The number of carbonyl (C=O) groups excluding carboxylic acids is 1. The minimum absolute atomic E-state index is 0.0601. The molecule has 2 rings (SSSR count). The van der Waals surface area contributed by atoms with E-state index in [0.29, 0.717) is 11.7 Å². The maximum Gasteiger partial charge on any atom is 0.303 e. The van der Waals surface area contributed by atoms with E-state index in [2.05, 4.69) is 10.3 Å². The number of benzene rings is 1. The van der Waals surface area contributed by atoms with Crippen LogP contribution in [0, 0.1) is 0 Å². The van der Waals surface area contributed by atoms with Gasteiger partial charge in [-0.2, -0.15) is 0 Å². The SMILES string of the molecule is CCOc1ccc2nc(NC(=O)CCC(=O)O)sc2c1. The van der Waals surface area contributed by atoms with Crippen LogP contribution in [-0.2, 0) is 9.59 Å². The average molecular weight is 294 g/mol. The van der Waals surface area contributed by atoms with E-state index >= 15 is 0 Å². The summed E-state index contributed by atoms with van der Waals surface area (Å²) >= 11 is 1.33. The van der Waals surface area contributed by atoms with Gasteiger partial charge in [0.25, 0.3) is 0 Å². The van der Waals surface area contributed by atoms with Gasteiger partial charge < -0.3 is 15.2 Å². The summed E-state index contributed by atoms with van der Waals surface area (Å²) in [7, 11) is 0. The summed E-state index contributed by atoms with van der Waals surface area (Å²) in [4.78, 5) is 26.2. The van der Waals surface area contributed by atoms with Gasteiger partial charge in [0.1, 0.15) is 5.75 Å². The first-order chi connectivity index (χ1) is 9.58. The number of hydrogen-bond acceptors (Lipinski definition) is 5. The molecule has 2 N–H and O–H groups in total. The molecule has 1 aromatic heterocycles. The van der Waals surface area contributed by atoms with Crippen molar-refractivity contribution in [3.63, 3.8) is 0 Å². The average Bonchev–Trinajstić information content (AvgIpc) is 2.78. The highest BCUT2D eigenvalue weighted by Gasteiger charge is 2.10. The number of aliphatic carboxylic acids is 1. The lowest BCUT2D eigenvalue weighted by atomic mass is 10.3. The quantitative estimate of drug-likeness (QED) is 0.854. The van der Waals surface area contributed by atoms with Gasteiger partial charge in [0.15, 0.2) is 5.13 Å². The Morgan fingerprint density at radius 1 is 1.40 bits per heavy atom. The number of anilines is 1. The van der Waals surface area contributed by atoms with E-state index in [1.165, 1.54) is 11.3 Å². The fourth-order valence-corrected chi connectivity index (χ4v) is 2.53. The summed E-state index contributed by atoms with van der Waals surface area (Å²) in [6, 6.07) is 5.51. The highest BCUT2D eigenvalue weighted by atomic mass is 32.1. The van der Waals surface area contributed by atoms with Gasteiger partial charge in [0.2, 0.25) is 5.91 Å². The van der Waals surface area contributed by atoms with Crippen LogP contribution in [0.4, 0.5) is 5.13 Å². The van der Waals surface area contributed by atoms with Crippen molar-refractivity contribution < 1.29 is 19.4 Å². The summed E-state index contributed by atoms with van der Waals surface area (Å²) in [6.45, 7) is 2.49. The standard InChI is InChI=1S/C13H14N2O4S/c1-2-19-8-3-4-9-10(7-8)20-13(14-9)15-11(16)5-6-12(17)18/h3-4,7H,2,5-6H2,1H3,(H,17,18)(H,14,15,16). The smallest absolute Gasteiger partial charge is 0.303 e. The number of aromatic nitrogens is 1. The van der Waals surface area contributed by atoms with Crippen LogP contribution in [0.2, 0.25) is 0 Å². The van der Waals surface area contributed by atoms with Crippen molar-refractivity contribution in [1.29, 1.82) is 0 Å². The lowest BCUT2D eigenvalue weighted by Crippen LogP contribution is -2.12. The van der Waals surface area contributed by atoms with Gasteiger partial charge in [-0.05, 0) is 25.1 Å². The van der Waals surface area contributed by atoms with Crippen LogP contribution in [-0.4, -0.2) is 28.6 Å². The predicted octanol–water partition coefficient (Wildman–Crippen LogP) is 2.50. The van der Waals surface area contributed by atoms with Gasteiger partial charge in [-0.3, -0.25) is 9.59 Å². The molecule has 1 heterocycles. The number of carbonyl (C=O) groups is 2. The largest absolute Gasteiger partial charge is 0.494 e. The highest BCUT2D eigenvalue weighted by molar-refractivity contribution is 7.22. The number of carboxylic acids is 1. The Bertz CT molecular complexity index is 638. The Morgan fingerprint density at radius 2 is 2.20 bits per heavy atom. The van der Waals surface area contributed by atoms with E-state index in [1.54, 1.807) is 0 Å². The van der Waals surface area contributed by atoms with E-state index in [0.717, 1.165) is 16.0 Å². The molecule has 20 heavy (non-hydrogen) atoms. The zero-order valence-corrected chi connectivity index (χ0v) is 11.7. The van der Waals surface area contributed by atoms with Crippen molar-refractivity contribution in [2.75, 3.05) is 11.9 Å². The monoisotopic (exact) mass is 294 g/mol. The maximum absolute atomic E-state index is 11.5. The summed E-state index contributed by atoms with van der Waals surface area (Å²) < 4.78 is 6.30. The summed E-state index contributed by atoms with van der Waals surface area (Å²) in [5.74, 6) is -0.588. The molecule has 0 aliphatic heterocycles. The van der Waals surface area contributed by atoms with Crippen LogP contribution >= 0.6 is 11.3 Å². The van der Waals surface area contributed by atoms with Crippen molar-refractivity contribution in [2.24, 2.45) is 0 Å². The zero-order valence-electron chi connectivity index (χ0n) is 10.9. The molecule has 0 atom stereocenters. The Hall–Kier alpha value is -2.15. The first-order valence-electron chi connectivity index (χ1n) is 6.13. The molecule has 0 spiro atoms. The third-order valence-corrected chi connectivity index (χ3v) is 3.42. The first-order valence-corrected chi connectivity index (χ1v) is 6.95. The molecule has 106 valence electrons. The lowest BCUT2D eigenvalue weighted by Gasteiger charge is -2.00. The van der Waals surface area contributed by atoms with Gasteiger partial charge in [0.05, 0.1) is 23.2 Å². The van der Waals surface area contributed by atoms with Gasteiger partial charge in [-0.1, -0.05) is 11.3 Å². The minimum atomic E-state index is -0.995. The van der Waals surface area contributed by atoms with Gasteiger partial charge >= 0.3 is 5.97 Å². The predicted molar refractivity (Wildman–Crippen MR) is 76.3 cm³/mol. The number of amides is 1. The molecule has 0 saturated carbocycles. The molecule has 0 radical (unpaired) electrons. The molecule has 6 nitrogen and oxygen atoms in total. The molecule has 1 amide bonds. The molecule has 0 aliphatic rings. The number of hydrogen-bond donors (Lipinski definition) is 2. The highest BCUT2D eigenvalue weighted by Crippen LogP contribution is 2.29.